The van der Waals surface area contributed by atoms with Crippen LogP contribution in [0.15, 0.2) is 48.5 Å². The number of carbonyl (C=O) groups excluding carboxylic acids is 3. The van der Waals surface area contributed by atoms with E-state index in [9.17, 15) is 14.4 Å². The molecule has 0 unspecified atom stereocenters. The van der Waals surface area contributed by atoms with E-state index in [1.165, 1.54) is 6.92 Å². The first kappa shape index (κ1) is 19.6. The van der Waals surface area contributed by atoms with Gasteiger partial charge in [-0.1, -0.05) is 23.7 Å². The maximum absolute atomic E-state index is 12.2. The van der Waals surface area contributed by atoms with Crippen molar-refractivity contribution in [2.24, 2.45) is 0 Å². The zero-order valence-corrected chi connectivity index (χ0v) is 15.3. The van der Waals surface area contributed by atoms with Gasteiger partial charge in [0, 0.05) is 16.3 Å². The van der Waals surface area contributed by atoms with Gasteiger partial charge in [-0.05, 0) is 50.4 Å². The van der Waals surface area contributed by atoms with Gasteiger partial charge in [0.25, 0.3) is 0 Å². The first-order valence-corrected chi connectivity index (χ1v) is 8.36. The van der Waals surface area contributed by atoms with Gasteiger partial charge in [0.1, 0.15) is 0 Å². The maximum atomic E-state index is 12.2. The van der Waals surface area contributed by atoms with Crippen molar-refractivity contribution in [2.75, 3.05) is 30.8 Å². The van der Waals surface area contributed by atoms with Gasteiger partial charge < -0.3 is 10.6 Å². The van der Waals surface area contributed by atoms with Crippen LogP contribution in [-0.4, -0.2) is 42.6 Å². The molecule has 6 nitrogen and oxygen atoms in total. The number of likely N-dealkylation sites (N-methyl/N-ethyl adjacent to an activating group) is 1. The summed E-state index contributed by atoms with van der Waals surface area (Å²) in [5.74, 6) is -0.677. The van der Waals surface area contributed by atoms with Crippen LogP contribution in [0.2, 0.25) is 5.02 Å². The number of rotatable bonds is 7. The number of anilines is 2. The molecule has 0 aliphatic carbocycles. The number of ketones is 1. The van der Waals surface area contributed by atoms with Crippen LogP contribution in [0.25, 0.3) is 0 Å². The highest BCUT2D eigenvalue weighted by Gasteiger charge is 2.13. The number of halogens is 1. The summed E-state index contributed by atoms with van der Waals surface area (Å²) < 4.78 is 0. The maximum Gasteiger partial charge on any atom is 0.238 e. The molecule has 0 aliphatic rings. The molecule has 0 atom stereocenters. The number of nitrogens with zero attached hydrogens (tertiary/aromatic N) is 1. The molecule has 0 saturated heterocycles. The average molecular weight is 374 g/mol. The van der Waals surface area contributed by atoms with E-state index >= 15 is 0 Å². The first-order valence-electron chi connectivity index (χ1n) is 7.99. The molecule has 0 spiro atoms. The van der Waals surface area contributed by atoms with Gasteiger partial charge >= 0.3 is 0 Å². The van der Waals surface area contributed by atoms with Gasteiger partial charge in [0.15, 0.2) is 5.78 Å². The summed E-state index contributed by atoms with van der Waals surface area (Å²) in [6.07, 6.45) is 0. The number of benzene rings is 2. The zero-order valence-electron chi connectivity index (χ0n) is 14.6. The minimum atomic E-state index is -0.305. The molecule has 0 heterocycles. The summed E-state index contributed by atoms with van der Waals surface area (Å²) in [7, 11) is 1.66. The molecule has 2 N–H and O–H groups in total. The van der Waals surface area contributed by atoms with Gasteiger partial charge in [0.2, 0.25) is 11.8 Å². The lowest BCUT2D eigenvalue weighted by Gasteiger charge is -2.16. The summed E-state index contributed by atoms with van der Waals surface area (Å²) in [5, 5.41) is 6.02. The zero-order chi connectivity index (χ0) is 19.1. The monoisotopic (exact) mass is 373 g/mol. The summed E-state index contributed by atoms with van der Waals surface area (Å²) in [6, 6.07) is 13.6. The Morgan fingerprint density at radius 2 is 1.50 bits per heavy atom. The Bertz CT molecular complexity index is 806. The van der Waals surface area contributed by atoms with Crippen molar-refractivity contribution in [1.82, 2.24) is 4.90 Å². The molecule has 26 heavy (non-hydrogen) atoms. The highest BCUT2D eigenvalue weighted by Crippen LogP contribution is 2.15. The molecule has 7 heteroatoms. The van der Waals surface area contributed by atoms with Crippen molar-refractivity contribution < 1.29 is 14.4 Å². The minimum absolute atomic E-state index is 0.0142. The van der Waals surface area contributed by atoms with Crippen molar-refractivity contribution in [3.8, 4) is 0 Å². The van der Waals surface area contributed by atoms with Crippen LogP contribution >= 0.6 is 11.6 Å². The lowest BCUT2D eigenvalue weighted by molar-refractivity contribution is -0.119. The van der Waals surface area contributed by atoms with Crippen LogP contribution < -0.4 is 10.6 Å². The number of hydrogen-bond acceptors (Lipinski definition) is 4. The normalized spacial score (nSPS) is 10.5. The Morgan fingerprint density at radius 3 is 2.12 bits per heavy atom. The highest BCUT2D eigenvalue weighted by molar-refractivity contribution is 6.30. The molecule has 0 bridgehead atoms. The number of amides is 2. The number of carbonyl (C=O) groups is 3. The molecule has 2 aromatic rings. The van der Waals surface area contributed by atoms with E-state index in [2.05, 4.69) is 10.6 Å². The van der Waals surface area contributed by atoms with Crippen LogP contribution in [0.4, 0.5) is 11.4 Å². The number of para-hydroxylation sites is 1. The number of hydrogen-bond donors (Lipinski definition) is 2. The first-order chi connectivity index (χ1) is 12.3. The SMILES string of the molecule is CC(=O)c1ccccc1NC(=O)CN(C)CC(=O)Nc1ccc(Cl)cc1. The molecule has 2 aromatic carbocycles. The van der Waals surface area contributed by atoms with Crippen LogP contribution in [0, 0.1) is 0 Å². The van der Waals surface area contributed by atoms with Gasteiger partial charge in [-0.3, -0.25) is 19.3 Å². The quantitative estimate of drug-likeness (QED) is 0.731. The fraction of sp³-hybridized carbons (Fsp3) is 0.211. The van der Waals surface area contributed by atoms with Crippen molar-refractivity contribution in [3.63, 3.8) is 0 Å². The molecule has 0 fully saturated rings. The second-order valence-electron chi connectivity index (χ2n) is 5.88. The third-order valence-corrected chi connectivity index (χ3v) is 3.79. The molecule has 0 aromatic heterocycles. The lowest BCUT2D eigenvalue weighted by Crippen LogP contribution is -2.36. The topological polar surface area (TPSA) is 78.5 Å². The molecule has 2 rings (SSSR count). The Balaban J connectivity index is 1.86. The second kappa shape index (κ2) is 9.12. The molecule has 0 aliphatic heterocycles. The van der Waals surface area contributed by atoms with Gasteiger partial charge in [0.05, 0.1) is 18.8 Å². The van der Waals surface area contributed by atoms with Crippen LogP contribution in [0.1, 0.15) is 17.3 Å². The molecule has 136 valence electrons. The molecule has 0 saturated carbocycles. The van der Waals surface area contributed by atoms with Crippen molar-refractivity contribution in [3.05, 3.63) is 59.1 Å². The average Bonchev–Trinajstić information content (AvgIpc) is 2.56. The Hall–Kier alpha value is -2.70. The van der Waals surface area contributed by atoms with E-state index in [4.69, 9.17) is 11.6 Å². The van der Waals surface area contributed by atoms with Crippen LogP contribution in [0.3, 0.4) is 0 Å². The fourth-order valence-corrected chi connectivity index (χ4v) is 2.49. The summed E-state index contributed by atoms with van der Waals surface area (Å²) >= 11 is 5.80. The van der Waals surface area contributed by atoms with Crippen molar-refractivity contribution in [2.45, 2.75) is 6.92 Å². The fourth-order valence-electron chi connectivity index (χ4n) is 2.37. The molecule has 2 amide bonds. The summed E-state index contributed by atoms with van der Waals surface area (Å²) in [4.78, 5) is 37.4. The third kappa shape index (κ3) is 5.98. The van der Waals surface area contributed by atoms with E-state index in [-0.39, 0.29) is 30.7 Å². The van der Waals surface area contributed by atoms with Crippen molar-refractivity contribution >= 4 is 40.6 Å². The van der Waals surface area contributed by atoms with Crippen LogP contribution in [-0.2, 0) is 9.59 Å². The Morgan fingerprint density at radius 1 is 0.923 bits per heavy atom. The van der Waals surface area contributed by atoms with E-state index < -0.39 is 0 Å². The summed E-state index contributed by atoms with van der Waals surface area (Å²) in [6.45, 7) is 1.50. The number of Topliss-reactive ketones (excluding diaryl/α,β-unsaturated/α-hetero) is 1. The molecule has 0 radical (unpaired) electrons. The van der Waals surface area contributed by atoms with E-state index in [0.717, 1.165) is 0 Å². The smallest absolute Gasteiger partial charge is 0.238 e. The minimum Gasteiger partial charge on any atom is -0.325 e. The van der Waals surface area contributed by atoms with Crippen molar-refractivity contribution in [1.29, 1.82) is 0 Å². The molecular weight excluding hydrogens is 354 g/mol. The van der Waals surface area contributed by atoms with Crippen LogP contribution in [0.5, 0.6) is 0 Å². The van der Waals surface area contributed by atoms with E-state index in [0.29, 0.717) is 22.0 Å². The largest absolute Gasteiger partial charge is 0.325 e. The highest BCUT2D eigenvalue weighted by atomic mass is 35.5. The van der Waals surface area contributed by atoms with Gasteiger partial charge in [-0.25, -0.2) is 0 Å². The van der Waals surface area contributed by atoms with Gasteiger partial charge in [-0.2, -0.15) is 0 Å². The summed E-state index contributed by atoms with van der Waals surface area (Å²) in [5.41, 5.74) is 1.54. The third-order valence-electron chi connectivity index (χ3n) is 3.54. The molecular formula is C19H20ClN3O3. The Labute approximate surface area is 157 Å². The standard InChI is InChI=1S/C19H20ClN3O3/c1-13(24)16-5-3-4-6-17(16)22-19(26)12-23(2)11-18(25)21-15-9-7-14(20)8-10-15/h3-10H,11-12H2,1-2H3,(H,21,25)(H,22,26). The van der Waals surface area contributed by atoms with E-state index in [1.54, 1.807) is 60.5 Å². The number of nitrogens with one attached hydrogen (secondary N) is 2. The van der Waals surface area contributed by atoms with E-state index in [1.807, 2.05) is 0 Å². The predicted molar refractivity (Wildman–Crippen MR) is 103 cm³/mol. The van der Waals surface area contributed by atoms with Gasteiger partial charge in [-0.15, -0.1) is 0 Å². The second-order valence-corrected chi connectivity index (χ2v) is 6.31. The Kier molecular flexibility index (Phi) is 6.89. The lowest BCUT2D eigenvalue weighted by atomic mass is 10.1. The predicted octanol–water partition coefficient (Wildman–Crippen LogP) is 3.05.